The fourth-order valence-corrected chi connectivity index (χ4v) is 3.13. The van der Waals surface area contributed by atoms with Crippen LogP contribution >= 0.6 is 11.5 Å². The zero-order chi connectivity index (χ0) is 14.3. The van der Waals surface area contributed by atoms with Crippen LogP contribution in [-0.4, -0.2) is 22.0 Å². The second-order valence-corrected chi connectivity index (χ2v) is 6.70. The average molecular weight is 288 g/mol. The highest BCUT2D eigenvalue weighted by molar-refractivity contribution is 7.08. The third-order valence-corrected chi connectivity index (χ3v) is 4.08. The molecular formula is C15H16N2O2S. The molecule has 1 aliphatic rings. The molecule has 0 spiro atoms. The lowest BCUT2D eigenvalue weighted by Crippen LogP contribution is -2.16. The first kappa shape index (κ1) is 13.2. The number of aromatic nitrogens is 2. The summed E-state index contributed by atoms with van der Waals surface area (Å²) in [5.74, 6) is 0.889. The van der Waals surface area contributed by atoms with Crippen molar-refractivity contribution in [2.75, 3.05) is 6.61 Å². The van der Waals surface area contributed by atoms with Gasteiger partial charge in [0.05, 0.1) is 12.3 Å². The molecule has 2 aromatic rings. The highest BCUT2D eigenvalue weighted by Gasteiger charge is 2.27. The summed E-state index contributed by atoms with van der Waals surface area (Å²) in [6, 6.07) is 5.62. The molecule has 2 heterocycles. The van der Waals surface area contributed by atoms with Gasteiger partial charge in [-0.05, 0) is 35.3 Å². The van der Waals surface area contributed by atoms with Gasteiger partial charge in [0.1, 0.15) is 10.6 Å². The van der Waals surface area contributed by atoms with E-state index in [1.54, 1.807) is 0 Å². The molecule has 0 radical (unpaired) electrons. The molecule has 4 nitrogen and oxygen atoms in total. The Balaban J connectivity index is 2.00. The zero-order valence-corrected chi connectivity index (χ0v) is 12.6. The normalized spacial score (nSPS) is 13.9. The maximum atomic E-state index is 12.7. The van der Waals surface area contributed by atoms with E-state index in [-0.39, 0.29) is 11.2 Å². The van der Waals surface area contributed by atoms with E-state index < -0.39 is 0 Å². The van der Waals surface area contributed by atoms with E-state index >= 15 is 0 Å². The van der Waals surface area contributed by atoms with Crippen LogP contribution in [0.1, 0.15) is 47.3 Å². The van der Waals surface area contributed by atoms with Gasteiger partial charge in [0, 0.05) is 17.4 Å². The summed E-state index contributed by atoms with van der Waals surface area (Å²) in [5, 5.41) is 4.13. The fourth-order valence-electron chi connectivity index (χ4n) is 2.29. The number of carbonyl (C=O) groups is 1. The van der Waals surface area contributed by atoms with Gasteiger partial charge in [-0.1, -0.05) is 25.3 Å². The molecular weight excluding hydrogens is 272 g/mol. The third kappa shape index (κ3) is 2.22. The van der Waals surface area contributed by atoms with Crippen LogP contribution in [0, 0.1) is 0 Å². The Morgan fingerprint density at radius 3 is 2.90 bits per heavy atom. The number of benzene rings is 1. The van der Waals surface area contributed by atoms with Crippen molar-refractivity contribution in [2.24, 2.45) is 0 Å². The number of fused-ring (bicyclic) bond motifs is 1. The summed E-state index contributed by atoms with van der Waals surface area (Å²) in [6.45, 7) is 6.81. The molecule has 0 saturated carbocycles. The van der Waals surface area contributed by atoms with Crippen molar-refractivity contribution in [3.63, 3.8) is 0 Å². The lowest BCUT2D eigenvalue weighted by Gasteiger charge is -2.16. The minimum Gasteiger partial charge on any atom is -0.493 e. The Morgan fingerprint density at radius 2 is 2.15 bits per heavy atom. The Morgan fingerprint density at radius 1 is 1.35 bits per heavy atom. The predicted octanol–water partition coefficient (Wildman–Crippen LogP) is 3.00. The molecule has 5 heteroatoms. The van der Waals surface area contributed by atoms with Crippen molar-refractivity contribution in [1.29, 1.82) is 0 Å². The molecule has 1 aromatic carbocycles. The Labute approximate surface area is 122 Å². The van der Waals surface area contributed by atoms with E-state index in [4.69, 9.17) is 4.74 Å². The molecule has 0 bridgehead atoms. The second kappa shape index (κ2) is 4.66. The van der Waals surface area contributed by atoms with Crippen molar-refractivity contribution in [3.8, 4) is 5.75 Å². The van der Waals surface area contributed by atoms with Crippen LogP contribution in [0.5, 0.6) is 5.75 Å². The number of carbonyl (C=O) groups excluding carboxylic acids is 1. The van der Waals surface area contributed by atoms with Crippen molar-refractivity contribution < 1.29 is 9.53 Å². The Bertz CT molecular complexity index is 671. The molecule has 0 saturated heterocycles. The number of ketones is 1. The van der Waals surface area contributed by atoms with E-state index in [0.29, 0.717) is 17.0 Å². The maximum Gasteiger partial charge on any atom is 0.206 e. The van der Waals surface area contributed by atoms with Crippen LogP contribution in [0.15, 0.2) is 18.2 Å². The molecule has 1 aliphatic heterocycles. The topological polar surface area (TPSA) is 52.1 Å². The minimum absolute atomic E-state index is 0.000347. The highest BCUT2D eigenvalue weighted by atomic mass is 32.1. The summed E-state index contributed by atoms with van der Waals surface area (Å²) in [7, 11) is 0. The molecule has 0 unspecified atom stereocenters. The summed E-state index contributed by atoms with van der Waals surface area (Å²) in [6.07, 6.45) is 0.865. The first-order valence-corrected chi connectivity index (χ1v) is 7.37. The number of nitrogens with zero attached hydrogens (tertiary/aromatic N) is 2. The van der Waals surface area contributed by atoms with Crippen molar-refractivity contribution >= 4 is 17.3 Å². The first-order valence-electron chi connectivity index (χ1n) is 6.60. The lowest BCUT2D eigenvalue weighted by molar-refractivity contribution is 0.104. The zero-order valence-electron chi connectivity index (χ0n) is 11.8. The van der Waals surface area contributed by atoms with Crippen LogP contribution < -0.4 is 4.74 Å². The van der Waals surface area contributed by atoms with Gasteiger partial charge >= 0.3 is 0 Å². The molecule has 20 heavy (non-hydrogen) atoms. The first-order chi connectivity index (χ1) is 9.47. The maximum absolute atomic E-state index is 12.7. The van der Waals surface area contributed by atoms with Gasteiger partial charge in [-0.2, -0.15) is 0 Å². The summed E-state index contributed by atoms with van der Waals surface area (Å²) < 4.78 is 9.42. The molecule has 1 aromatic heterocycles. The SMILES string of the molecule is CC(C)(C)c1nnsc1C(=O)c1ccc2c(c1)CCO2. The monoisotopic (exact) mass is 288 g/mol. The quantitative estimate of drug-likeness (QED) is 0.797. The fraction of sp³-hybridized carbons (Fsp3) is 0.400. The van der Waals surface area contributed by atoms with E-state index in [9.17, 15) is 4.79 Å². The molecule has 0 fully saturated rings. The molecule has 3 rings (SSSR count). The van der Waals surface area contributed by atoms with Crippen LogP contribution in [0.4, 0.5) is 0 Å². The van der Waals surface area contributed by atoms with Crippen LogP contribution in [0.3, 0.4) is 0 Å². The van der Waals surface area contributed by atoms with Crippen LogP contribution in [0.2, 0.25) is 0 Å². The second-order valence-electron chi connectivity index (χ2n) is 5.95. The molecule has 0 amide bonds. The molecule has 104 valence electrons. The minimum atomic E-state index is -0.183. The van der Waals surface area contributed by atoms with Crippen LogP contribution in [0.25, 0.3) is 0 Å². The Hall–Kier alpha value is -1.75. The molecule has 0 atom stereocenters. The smallest absolute Gasteiger partial charge is 0.206 e. The summed E-state index contributed by atoms with van der Waals surface area (Å²) in [5.41, 5.74) is 2.37. The van der Waals surface area contributed by atoms with E-state index in [0.717, 1.165) is 23.4 Å². The van der Waals surface area contributed by atoms with Crippen molar-refractivity contribution in [1.82, 2.24) is 9.59 Å². The summed E-state index contributed by atoms with van der Waals surface area (Å²) in [4.78, 5) is 13.3. The standard InChI is InChI=1S/C15H16N2O2S/c1-15(2,3)14-13(20-17-16-14)12(18)10-4-5-11-9(8-10)6-7-19-11/h4-5,8H,6-7H2,1-3H3. The number of rotatable bonds is 2. The Kier molecular flexibility index (Phi) is 3.09. The van der Waals surface area contributed by atoms with Gasteiger partial charge in [-0.3, -0.25) is 4.79 Å². The molecule has 0 N–H and O–H groups in total. The number of hydrogen-bond donors (Lipinski definition) is 0. The van der Waals surface area contributed by atoms with Gasteiger partial charge in [0.15, 0.2) is 0 Å². The van der Waals surface area contributed by atoms with Gasteiger partial charge < -0.3 is 4.74 Å². The lowest BCUT2D eigenvalue weighted by atomic mass is 9.89. The third-order valence-electron chi connectivity index (χ3n) is 3.36. The van der Waals surface area contributed by atoms with Crippen molar-refractivity contribution in [3.05, 3.63) is 39.9 Å². The number of hydrogen-bond acceptors (Lipinski definition) is 5. The van der Waals surface area contributed by atoms with Crippen molar-refractivity contribution in [2.45, 2.75) is 32.6 Å². The average Bonchev–Trinajstić information content (AvgIpc) is 3.05. The van der Waals surface area contributed by atoms with Gasteiger partial charge in [-0.15, -0.1) is 5.10 Å². The predicted molar refractivity (Wildman–Crippen MR) is 77.7 cm³/mol. The van der Waals surface area contributed by atoms with E-state index in [2.05, 4.69) is 9.59 Å². The van der Waals surface area contributed by atoms with E-state index in [1.165, 1.54) is 11.5 Å². The number of ether oxygens (including phenoxy) is 1. The van der Waals surface area contributed by atoms with E-state index in [1.807, 2.05) is 39.0 Å². The largest absolute Gasteiger partial charge is 0.493 e. The highest BCUT2D eigenvalue weighted by Crippen LogP contribution is 2.30. The molecule has 0 aliphatic carbocycles. The van der Waals surface area contributed by atoms with Gasteiger partial charge in [0.2, 0.25) is 5.78 Å². The summed E-state index contributed by atoms with van der Waals surface area (Å²) >= 11 is 1.17. The van der Waals surface area contributed by atoms with Crippen LogP contribution in [-0.2, 0) is 11.8 Å². The van der Waals surface area contributed by atoms with Gasteiger partial charge in [-0.25, -0.2) is 0 Å². The van der Waals surface area contributed by atoms with Gasteiger partial charge in [0.25, 0.3) is 0 Å².